The number of hydrogen-bond acceptors (Lipinski definition) is 3. The van der Waals surface area contributed by atoms with Gasteiger partial charge in [-0.2, -0.15) is 0 Å². The molecule has 0 aliphatic rings. The maximum atomic E-state index is 6.05. The number of nitrogens with one attached hydrogen (secondary N) is 1. The van der Waals surface area contributed by atoms with Crippen LogP contribution >= 0.6 is 11.6 Å². The zero-order valence-corrected chi connectivity index (χ0v) is 12.8. The quantitative estimate of drug-likeness (QED) is 0.706. The van der Waals surface area contributed by atoms with E-state index in [0.29, 0.717) is 6.61 Å². The molecule has 4 heteroatoms. The second-order valence-electron chi connectivity index (χ2n) is 4.49. The molecule has 1 atom stereocenters. The lowest BCUT2D eigenvalue weighted by Crippen LogP contribution is -2.35. The van der Waals surface area contributed by atoms with Gasteiger partial charge in [0.1, 0.15) is 5.75 Å². The number of methoxy groups -OCH3 is 1. The van der Waals surface area contributed by atoms with Crippen molar-refractivity contribution in [3.05, 3.63) is 28.8 Å². The van der Waals surface area contributed by atoms with Crippen LogP contribution < -0.4 is 10.1 Å². The fourth-order valence-corrected chi connectivity index (χ4v) is 2.22. The molecule has 0 amide bonds. The van der Waals surface area contributed by atoms with Crippen molar-refractivity contribution in [1.29, 1.82) is 0 Å². The van der Waals surface area contributed by atoms with Gasteiger partial charge < -0.3 is 14.8 Å². The van der Waals surface area contributed by atoms with Crippen LogP contribution in [-0.4, -0.2) is 32.9 Å². The van der Waals surface area contributed by atoms with Crippen LogP contribution in [0.1, 0.15) is 25.8 Å². The van der Waals surface area contributed by atoms with E-state index in [1.54, 1.807) is 7.11 Å². The van der Waals surface area contributed by atoms with Gasteiger partial charge in [0.2, 0.25) is 0 Å². The van der Waals surface area contributed by atoms with Crippen LogP contribution in [0.2, 0.25) is 5.02 Å². The molecule has 1 unspecified atom stereocenters. The van der Waals surface area contributed by atoms with Crippen LogP contribution in [0.4, 0.5) is 0 Å². The Morgan fingerprint density at radius 3 is 2.74 bits per heavy atom. The lowest BCUT2D eigenvalue weighted by molar-refractivity contribution is 0.112. The second kappa shape index (κ2) is 9.18. The first-order valence-corrected chi connectivity index (χ1v) is 7.22. The summed E-state index contributed by atoms with van der Waals surface area (Å²) < 4.78 is 11.0. The Morgan fingerprint density at radius 2 is 2.11 bits per heavy atom. The van der Waals surface area contributed by atoms with Crippen molar-refractivity contribution in [2.45, 2.75) is 32.7 Å². The van der Waals surface area contributed by atoms with Crippen molar-refractivity contribution in [1.82, 2.24) is 5.32 Å². The molecule has 0 saturated heterocycles. The van der Waals surface area contributed by atoms with Crippen molar-refractivity contribution in [2.24, 2.45) is 0 Å². The second-order valence-corrected chi connectivity index (χ2v) is 4.93. The van der Waals surface area contributed by atoms with Gasteiger partial charge in [-0.05, 0) is 43.1 Å². The Morgan fingerprint density at radius 1 is 1.32 bits per heavy atom. The third-order valence-corrected chi connectivity index (χ3v) is 3.10. The van der Waals surface area contributed by atoms with E-state index in [9.17, 15) is 0 Å². The Balaban J connectivity index is 2.68. The van der Waals surface area contributed by atoms with Gasteiger partial charge in [0.25, 0.3) is 0 Å². The first kappa shape index (κ1) is 16.3. The summed E-state index contributed by atoms with van der Waals surface area (Å²) in [6.45, 7) is 6.64. The highest BCUT2D eigenvalue weighted by Gasteiger charge is 2.12. The molecular formula is C15H24ClNO2. The van der Waals surface area contributed by atoms with Gasteiger partial charge in [-0.25, -0.2) is 0 Å². The number of halogens is 1. The largest absolute Gasteiger partial charge is 0.496 e. The third-order valence-electron chi connectivity index (χ3n) is 2.87. The van der Waals surface area contributed by atoms with Crippen LogP contribution in [0, 0.1) is 0 Å². The minimum Gasteiger partial charge on any atom is -0.496 e. The maximum Gasteiger partial charge on any atom is 0.122 e. The van der Waals surface area contributed by atoms with E-state index >= 15 is 0 Å². The number of ether oxygens (including phenoxy) is 2. The summed E-state index contributed by atoms with van der Waals surface area (Å²) in [5.41, 5.74) is 1.11. The fraction of sp³-hybridized carbons (Fsp3) is 0.600. The highest BCUT2D eigenvalue weighted by molar-refractivity contribution is 6.30. The average Bonchev–Trinajstić information content (AvgIpc) is 2.39. The predicted octanol–water partition coefficient (Wildman–Crippen LogP) is 3.30. The fourth-order valence-electron chi connectivity index (χ4n) is 2.02. The topological polar surface area (TPSA) is 30.5 Å². The third kappa shape index (κ3) is 5.81. The van der Waals surface area contributed by atoms with Gasteiger partial charge in [0.15, 0.2) is 0 Å². The summed E-state index contributed by atoms with van der Waals surface area (Å²) in [5.74, 6) is 0.878. The molecule has 3 nitrogen and oxygen atoms in total. The number of likely N-dealkylation sites (N-methyl/N-ethyl adjacent to an activating group) is 1. The van der Waals surface area contributed by atoms with Crippen molar-refractivity contribution in [3.8, 4) is 5.75 Å². The molecule has 1 aromatic rings. The van der Waals surface area contributed by atoms with Crippen LogP contribution in [-0.2, 0) is 11.2 Å². The molecule has 0 bridgehead atoms. The van der Waals surface area contributed by atoms with Gasteiger partial charge in [0.05, 0.1) is 13.7 Å². The molecule has 0 saturated carbocycles. The summed E-state index contributed by atoms with van der Waals surface area (Å²) in [6, 6.07) is 6.00. The molecule has 19 heavy (non-hydrogen) atoms. The molecule has 1 rings (SSSR count). The van der Waals surface area contributed by atoms with Gasteiger partial charge in [0, 0.05) is 17.7 Å². The minimum atomic E-state index is 0.281. The van der Waals surface area contributed by atoms with Crippen LogP contribution in [0.3, 0.4) is 0 Å². The van der Waals surface area contributed by atoms with Crippen molar-refractivity contribution < 1.29 is 9.47 Å². The molecule has 0 aromatic heterocycles. The lowest BCUT2D eigenvalue weighted by atomic mass is 10.1. The zero-order chi connectivity index (χ0) is 14.1. The SMILES string of the molecule is CCCOCC(Cc1cc(Cl)ccc1OC)NCC. The van der Waals surface area contributed by atoms with Gasteiger partial charge >= 0.3 is 0 Å². The molecule has 0 radical (unpaired) electrons. The van der Waals surface area contributed by atoms with E-state index in [0.717, 1.165) is 42.3 Å². The van der Waals surface area contributed by atoms with Crippen LogP contribution in [0.15, 0.2) is 18.2 Å². The van der Waals surface area contributed by atoms with E-state index in [1.165, 1.54) is 0 Å². The summed E-state index contributed by atoms with van der Waals surface area (Å²) in [7, 11) is 1.68. The van der Waals surface area contributed by atoms with Gasteiger partial charge in [-0.15, -0.1) is 0 Å². The first-order chi connectivity index (χ1) is 9.21. The standard InChI is InChI=1S/C15H24ClNO2/c1-4-8-19-11-14(17-5-2)10-12-9-13(16)6-7-15(12)18-3/h6-7,9,14,17H,4-5,8,10-11H2,1-3H3. The van der Waals surface area contributed by atoms with Gasteiger partial charge in [-0.1, -0.05) is 25.4 Å². The van der Waals surface area contributed by atoms with E-state index in [1.807, 2.05) is 18.2 Å². The highest BCUT2D eigenvalue weighted by atomic mass is 35.5. The summed E-state index contributed by atoms with van der Waals surface area (Å²) in [6.07, 6.45) is 1.89. The zero-order valence-electron chi connectivity index (χ0n) is 12.0. The van der Waals surface area contributed by atoms with E-state index in [-0.39, 0.29) is 6.04 Å². The van der Waals surface area contributed by atoms with Crippen molar-refractivity contribution in [3.63, 3.8) is 0 Å². The Bertz CT molecular complexity index is 371. The highest BCUT2D eigenvalue weighted by Crippen LogP contribution is 2.23. The minimum absolute atomic E-state index is 0.281. The van der Waals surface area contributed by atoms with E-state index in [4.69, 9.17) is 21.1 Å². The van der Waals surface area contributed by atoms with Crippen LogP contribution in [0.25, 0.3) is 0 Å². The summed E-state index contributed by atoms with van der Waals surface area (Å²) in [5, 5.41) is 4.17. The Labute approximate surface area is 121 Å². The molecule has 1 N–H and O–H groups in total. The summed E-state index contributed by atoms with van der Waals surface area (Å²) >= 11 is 6.05. The predicted molar refractivity (Wildman–Crippen MR) is 80.3 cm³/mol. The van der Waals surface area contributed by atoms with E-state index in [2.05, 4.69) is 19.2 Å². The molecule has 0 aliphatic heterocycles. The molecule has 108 valence electrons. The Kier molecular flexibility index (Phi) is 7.87. The molecule has 1 aromatic carbocycles. The number of hydrogen-bond donors (Lipinski definition) is 1. The smallest absolute Gasteiger partial charge is 0.122 e. The molecule has 0 aliphatic carbocycles. The first-order valence-electron chi connectivity index (χ1n) is 6.84. The van der Waals surface area contributed by atoms with Crippen molar-refractivity contribution >= 4 is 11.6 Å². The maximum absolute atomic E-state index is 6.05. The van der Waals surface area contributed by atoms with Crippen molar-refractivity contribution in [2.75, 3.05) is 26.9 Å². The van der Waals surface area contributed by atoms with Crippen LogP contribution in [0.5, 0.6) is 5.75 Å². The molecule has 0 fully saturated rings. The monoisotopic (exact) mass is 285 g/mol. The normalized spacial score (nSPS) is 12.4. The lowest BCUT2D eigenvalue weighted by Gasteiger charge is -2.19. The average molecular weight is 286 g/mol. The molecule has 0 spiro atoms. The summed E-state index contributed by atoms with van der Waals surface area (Å²) in [4.78, 5) is 0. The van der Waals surface area contributed by atoms with E-state index < -0.39 is 0 Å². The molecular weight excluding hydrogens is 262 g/mol. The number of rotatable bonds is 9. The number of benzene rings is 1. The Hall–Kier alpha value is -0.770. The molecule has 0 heterocycles. The van der Waals surface area contributed by atoms with Gasteiger partial charge in [-0.3, -0.25) is 0 Å².